The van der Waals surface area contributed by atoms with Crippen molar-refractivity contribution >= 4 is 28.5 Å². The second-order valence-electron chi connectivity index (χ2n) is 5.67. The monoisotopic (exact) mass is 402 g/mol. The number of carbonyl (C=O) groups is 1. The maximum atomic E-state index is 12.9. The molecule has 150 valence electrons. The number of halogens is 1. The summed E-state index contributed by atoms with van der Waals surface area (Å²) >= 11 is 0. The van der Waals surface area contributed by atoms with E-state index in [4.69, 9.17) is 15.2 Å². The van der Waals surface area contributed by atoms with Crippen molar-refractivity contribution in [2.75, 3.05) is 66.7 Å². The predicted molar refractivity (Wildman–Crippen MR) is 97.9 cm³/mol. The number of ether oxygens (including phenoxy) is 2. The molecule has 0 radical (unpaired) electrons. The first-order valence-corrected chi connectivity index (χ1v) is 9.58. The number of hydrogen-bond acceptors (Lipinski definition) is 6. The zero-order valence-electron chi connectivity index (χ0n) is 15.0. The van der Waals surface area contributed by atoms with Gasteiger partial charge >= 0.3 is 0 Å². The molecule has 0 aliphatic carbocycles. The van der Waals surface area contributed by atoms with Crippen LogP contribution in [0.15, 0.2) is 0 Å². The molecule has 0 spiro atoms. The van der Waals surface area contributed by atoms with Crippen molar-refractivity contribution in [2.24, 2.45) is 11.7 Å². The van der Waals surface area contributed by atoms with Gasteiger partial charge in [-0.05, 0) is 12.8 Å². The van der Waals surface area contributed by atoms with E-state index in [1.807, 2.05) is 0 Å². The molecule has 25 heavy (non-hydrogen) atoms. The molecule has 11 heteroatoms. The molecule has 0 aromatic carbocycles. The summed E-state index contributed by atoms with van der Waals surface area (Å²) in [6.07, 6.45) is 1.33. The minimum atomic E-state index is -3.65. The van der Waals surface area contributed by atoms with Gasteiger partial charge in [-0.3, -0.25) is 4.79 Å². The van der Waals surface area contributed by atoms with E-state index in [1.54, 1.807) is 0 Å². The standard InChI is InChI=1S/C14H30N4O5S.ClH/c1-22-10-8-17(9-11-23-2)24(20,21)18-7-3-4-13(12-18)14(19)16-6-5-15;/h13H,3-12,15H2,1-2H3,(H,16,19);1H. The molecule has 1 atom stereocenters. The molecule has 1 saturated heterocycles. The van der Waals surface area contributed by atoms with E-state index in [-0.39, 0.29) is 43.9 Å². The highest BCUT2D eigenvalue weighted by Crippen LogP contribution is 2.21. The number of nitrogens with two attached hydrogens (primary N) is 1. The van der Waals surface area contributed by atoms with Gasteiger partial charge < -0.3 is 20.5 Å². The van der Waals surface area contributed by atoms with Crippen molar-refractivity contribution in [3.8, 4) is 0 Å². The third-order valence-electron chi connectivity index (χ3n) is 3.94. The summed E-state index contributed by atoms with van der Waals surface area (Å²) < 4.78 is 38.5. The molecule has 3 N–H and O–H groups in total. The predicted octanol–water partition coefficient (Wildman–Crippen LogP) is -0.965. The topological polar surface area (TPSA) is 114 Å². The van der Waals surface area contributed by atoms with E-state index in [0.29, 0.717) is 45.7 Å². The number of hydrogen-bond donors (Lipinski definition) is 2. The van der Waals surface area contributed by atoms with Gasteiger partial charge in [0, 0.05) is 53.5 Å². The number of nitrogens with zero attached hydrogens (tertiary/aromatic N) is 2. The van der Waals surface area contributed by atoms with Crippen molar-refractivity contribution in [3.63, 3.8) is 0 Å². The van der Waals surface area contributed by atoms with Crippen LogP contribution in [-0.2, 0) is 24.5 Å². The number of rotatable bonds is 11. The van der Waals surface area contributed by atoms with Crippen molar-refractivity contribution in [1.29, 1.82) is 0 Å². The lowest BCUT2D eigenvalue weighted by Crippen LogP contribution is -2.52. The molecule has 1 aliphatic rings. The Bertz CT molecular complexity index is 472. The molecule has 1 heterocycles. The Hall–Kier alpha value is -0.490. The summed E-state index contributed by atoms with van der Waals surface area (Å²) in [6.45, 7) is 2.48. The number of carbonyl (C=O) groups excluding carboxylic acids is 1. The second-order valence-corrected chi connectivity index (χ2v) is 7.60. The van der Waals surface area contributed by atoms with E-state index >= 15 is 0 Å². The summed E-state index contributed by atoms with van der Waals surface area (Å²) in [6, 6.07) is 0. The van der Waals surface area contributed by atoms with E-state index in [0.717, 1.165) is 0 Å². The van der Waals surface area contributed by atoms with Crippen molar-refractivity contribution in [3.05, 3.63) is 0 Å². The summed E-state index contributed by atoms with van der Waals surface area (Å²) in [5.74, 6) is -0.479. The second kappa shape index (κ2) is 12.8. The molecular formula is C14H31ClN4O5S. The van der Waals surface area contributed by atoms with Crippen molar-refractivity contribution in [1.82, 2.24) is 13.9 Å². The molecular weight excluding hydrogens is 372 g/mol. The average molecular weight is 403 g/mol. The molecule has 1 amide bonds. The van der Waals surface area contributed by atoms with Gasteiger partial charge in [0.15, 0.2) is 0 Å². The van der Waals surface area contributed by atoms with Crippen LogP contribution in [0.2, 0.25) is 0 Å². The maximum absolute atomic E-state index is 12.9. The van der Waals surface area contributed by atoms with Crippen LogP contribution < -0.4 is 11.1 Å². The maximum Gasteiger partial charge on any atom is 0.282 e. The molecule has 9 nitrogen and oxygen atoms in total. The summed E-state index contributed by atoms with van der Waals surface area (Å²) in [4.78, 5) is 12.1. The lowest BCUT2D eigenvalue weighted by Gasteiger charge is -2.35. The van der Waals surface area contributed by atoms with Crippen LogP contribution in [0, 0.1) is 5.92 Å². The quantitative estimate of drug-likeness (QED) is 0.460. The number of amides is 1. The van der Waals surface area contributed by atoms with E-state index in [9.17, 15) is 13.2 Å². The molecule has 0 aromatic heterocycles. The highest BCUT2D eigenvalue weighted by Gasteiger charge is 2.35. The zero-order valence-corrected chi connectivity index (χ0v) is 16.6. The number of methoxy groups -OCH3 is 2. The van der Waals surface area contributed by atoms with Crippen molar-refractivity contribution in [2.45, 2.75) is 12.8 Å². The SMILES string of the molecule is COCCN(CCOC)S(=O)(=O)N1CCCC(C(=O)NCCN)C1.Cl. The van der Waals surface area contributed by atoms with Crippen LogP contribution in [0.3, 0.4) is 0 Å². The van der Waals surface area contributed by atoms with Gasteiger partial charge in [0.1, 0.15) is 0 Å². The fourth-order valence-electron chi connectivity index (χ4n) is 2.60. The Morgan fingerprint density at radius 1 is 1.28 bits per heavy atom. The highest BCUT2D eigenvalue weighted by atomic mass is 35.5. The molecule has 0 saturated carbocycles. The van der Waals surface area contributed by atoms with Crippen molar-refractivity contribution < 1.29 is 22.7 Å². The number of piperidine rings is 1. The third-order valence-corrected chi connectivity index (χ3v) is 5.94. The Balaban J connectivity index is 0.00000576. The Morgan fingerprint density at radius 2 is 1.88 bits per heavy atom. The Morgan fingerprint density at radius 3 is 2.40 bits per heavy atom. The van der Waals surface area contributed by atoms with Gasteiger partial charge in [0.25, 0.3) is 10.2 Å². The molecule has 1 aliphatic heterocycles. The van der Waals surface area contributed by atoms with E-state index in [1.165, 1.54) is 22.8 Å². The molecule has 1 rings (SSSR count). The summed E-state index contributed by atoms with van der Waals surface area (Å²) in [5, 5.41) is 2.73. The summed E-state index contributed by atoms with van der Waals surface area (Å²) in [7, 11) is -0.598. The fourth-order valence-corrected chi connectivity index (χ4v) is 4.26. The van der Waals surface area contributed by atoms with Gasteiger partial charge in [-0.2, -0.15) is 17.0 Å². The first-order valence-electron chi connectivity index (χ1n) is 8.18. The Kier molecular flexibility index (Phi) is 12.5. The normalized spacial score (nSPS) is 18.8. The molecule has 1 fully saturated rings. The third kappa shape index (κ3) is 7.73. The van der Waals surface area contributed by atoms with Crippen LogP contribution in [0.1, 0.15) is 12.8 Å². The average Bonchev–Trinajstić information content (AvgIpc) is 2.59. The lowest BCUT2D eigenvalue weighted by atomic mass is 9.99. The van der Waals surface area contributed by atoms with Gasteiger partial charge in [-0.1, -0.05) is 0 Å². The zero-order chi connectivity index (χ0) is 18.0. The van der Waals surface area contributed by atoms with Crippen LogP contribution in [0.4, 0.5) is 0 Å². The lowest BCUT2D eigenvalue weighted by molar-refractivity contribution is -0.126. The largest absolute Gasteiger partial charge is 0.383 e. The summed E-state index contributed by atoms with van der Waals surface area (Å²) in [5.41, 5.74) is 5.38. The smallest absolute Gasteiger partial charge is 0.282 e. The Labute approximate surface area is 156 Å². The molecule has 0 bridgehead atoms. The minimum absolute atomic E-state index is 0. The van der Waals surface area contributed by atoms with Crippen LogP contribution in [-0.4, -0.2) is 89.6 Å². The first kappa shape index (κ1) is 24.5. The van der Waals surface area contributed by atoms with Crippen LogP contribution >= 0.6 is 12.4 Å². The van der Waals surface area contributed by atoms with E-state index in [2.05, 4.69) is 5.32 Å². The van der Waals surface area contributed by atoms with Crippen LogP contribution in [0.25, 0.3) is 0 Å². The highest BCUT2D eigenvalue weighted by molar-refractivity contribution is 7.86. The fraction of sp³-hybridized carbons (Fsp3) is 0.929. The van der Waals surface area contributed by atoms with Gasteiger partial charge in [0.2, 0.25) is 5.91 Å². The van der Waals surface area contributed by atoms with Gasteiger partial charge in [-0.15, -0.1) is 12.4 Å². The molecule has 0 aromatic rings. The first-order chi connectivity index (χ1) is 11.5. The minimum Gasteiger partial charge on any atom is -0.383 e. The van der Waals surface area contributed by atoms with Gasteiger partial charge in [-0.25, -0.2) is 0 Å². The number of nitrogens with one attached hydrogen (secondary N) is 1. The van der Waals surface area contributed by atoms with Crippen LogP contribution in [0.5, 0.6) is 0 Å². The van der Waals surface area contributed by atoms with E-state index < -0.39 is 10.2 Å². The van der Waals surface area contributed by atoms with Gasteiger partial charge in [0.05, 0.1) is 19.1 Å². The molecule has 1 unspecified atom stereocenters.